The molecule has 142 valence electrons. The zero-order chi connectivity index (χ0) is 20.1. The topological polar surface area (TPSA) is 86.6 Å². The zero-order valence-corrected chi connectivity index (χ0v) is 15.6. The van der Waals surface area contributed by atoms with Crippen LogP contribution in [-0.4, -0.2) is 46.1 Å². The van der Waals surface area contributed by atoms with Gasteiger partial charge in [0.05, 0.1) is 0 Å². The highest BCUT2D eigenvalue weighted by atomic mass is 16.4. The Balaban J connectivity index is 1.91. The van der Waals surface area contributed by atoms with Gasteiger partial charge in [-0.15, -0.1) is 0 Å². The Hall–Kier alpha value is -3.74. The van der Waals surface area contributed by atoms with Crippen LogP contribution in [0.25, 0.3) is 11.4 Å². The molecule has 1 aromatic heterocycles. The second-order valence-corrected chi connectivity index (χ2v) is 6.29. The average Bonchev–Trinajstić information content (AvgIpc) is 2.73. The Morgan fingerprint density at radius 2 is 1.57 bits per heavy atom. The summed E-state index contributed by atoms with van der Waals surface area (Å²) in [6.07, 6.45) is 1.23. The molecular formula is C21H20N4O3. The number of anilines is 1. The second kappa shape index (κ2) is 8.30. The van der Waals surface area contributed by atoms with E-state index in [-0.39, 0.29) is 17.4 Å². The summed E-state index contributed by atoms with van der Waals surface area (Å²) in [6, 6.07) is 18.4. The molecule has 7 nitrogen and oxygen atoms in total. The summed E-state index contributed by atoms with van der Waals surface area (Å²) in [5, 5.41) is 9.50. The minimum absolute atomic E-state index is 0.0475. The lowest BCUT2D eigenvalue weighted by molar-refractivity contribution is 0.0697. The van der Waals surface area contributed by atoms with Crippen molar-refractivity contribution in [2.45, 2.75) is 6.54 Å². The summed E-state index contributed by atoms with van der Waals surface area (Å²) >= 11 is 0. The predicted molar refractivity (Wildman–Crippen MR) is 106 cm³/mol. The van der Waals surface area contributed by atoms with Crippen molar-refractivity contribution >= 4 is 17.8 Å². The minimum atomic E-state index is -1.19. The molecule has 0 radical (unpaired) electrons. The van der Waals surface area contributed by atoms with Gasteiger partial charge in [-0.1, -0.05) is 60.7 Å². The van der Waals surface area contributed by atoms with Crippen LogP contribution in [0.4, 0.5) is 10.6 Å². The SMILES string of the molecule is CN(Cc1ccccc1)C(=O)N(C)c1nc(-c2ccccc2)ncc1C(=O)O. The zero-order valence-electron chi connectivity index (χ0n) is 15.6. The number of urea groups is 1. The number of benzene rings is 2. The highest BCUT2D eigenvalue weighted by Crippen LogP contribution is 2.22. The lowest BCUT2D eigenvalue weighted by Gasteiger charge is -2.25. The molecule has 0 unspecified atom stereocenters. The van der Waals surface area contributed by atoms with Crippen LogP contribution in [0.5, 0.6) is 0 Å². The van der Waals surface area contributed by atoms with Gasteiger partial charge < -0.3 is 10.0 Å². The van der Waals surface area contributed by atoms with Crippen LogP contribution in [0.1, 0.15) is 15.9 Å². The molecule has 7 heteroatoms. The summed E-state index contributed by atoms with van der Waals surface area (Å²) in [7, 11) is 3.17. The Labute approximate surface area is 162 Å². The molecule has 0 bridgehead atoms. The number of nitrogens with zero attached hydrogens (tertiary/aromatic N) is 4. The molecule has 0 spiro atoms. The third-order valence-electron chi connectivity index (χ3n) is 4.22. The van der Waals surface area contributed by atoms with Gasteiger partial charge in [0.15, 0.2) is 11.6 Å². The predicted octanol–water partition coefficient (Wildman–Crippen LogP) is 3.53. The van der Waals surface area contributed by atoms with Crippen LogP contribution in [0.2, 0.25) is 0 Å². The van der Waals surface area contributed by atoms with Gasteiger partial charge in [-0.25, -0.2) is 19.6 Å². The van der Waals surface area contributed by atoms with Gasteiger partial charge in [0.1, 0.15) is 5.56 Å². The number of hydrogen-bond acceptors (Lipinski definition) is 4. The van der Waals surface area contributed by atoms with Gasteiger partial charge in [-0.2, -0.15) is 0 Å². The lowest BCUT2D eigenvalue weighted by Crippen LogP contribution is -2.39. The number of aromatic nitrogens is 2. The Morgan fingerprint density at radius 1 is 0.964 bits per heavy atom. The van der Waals surface area contributed by atoms with Crippen molar-refractivity contribution in [1.29, 1.82) is 0 Å². The van der Waals surface area contributed by atoms with Crippen LogP contribution in [-0.2, 0) is 6.54 Å². The van der Waals surface area contributed by atoms with E-state index < -0.39 is 5.97 Å². The summed E-state index contributed by atoms with van der Waals surface area (Å²) in [5.41, 5.74) is 1.57. The molecule has 3 rings (SSSR count). The Morgan fingerprint density at radius 3 is 2.18 bits per heavy atom. The van der Waals surface area contributed by atoms with Crippen molar-refractivity contribution in [3.8, 4) is 11.4 Å². The van der Waals surface area contributed by atoms with E-state index in [1.165, 1.54) is 23.0 Å². The van der Waals surface area contributed by atoms with Crippen molar-refractivity contribution in [1.82, 2.24) is 14.9 Å². The fraction of sp³-hybridized carbons (Fsp3) is 0.143. The lowest BCUT2D eigenvalue weighted by atomic mass is 10.2. The molecule has 0 aliphatic heterocycles. The maximum absolute atomic E-state index is 12.9. The number of carbonyl (C=O) groups excluding carboxylic acids is 1. The normalized spacial score (nSPS) is 10.4. The van der Waals surface area contributed by atoms with Gasteiger partial charge in [0.25, 0.3) is 0 Å². The van der Waals surface area contributed by atoms with Crippen molar-refractivity contribution in [2.75, 3.05) is 19.0 Å². The molecule has 0 saturated carbocycles. The van der Waals surface area contributed by atoms with Crippen LogP contribution in [0, 0.1) is 0 Å². The van der Waals surface area contributed by atoms with E-state index in [9.17, 15) is 14.7 Å². The highest BCUT2D eigenvalue weighted by Gasteiger charge is 2.24. The first-order valence-corrected chi connectivity index (χ1v) is 8.66. The molecule has 0 fully saturated rings. The summed E-state index contributed by atoms with van der Waals surface area (Å²) in [6.45, 7) is 0.392. The molecule has 0 aliphatic rings. The Kier molecular flexibility index (Phi) is 5.64. The maximum Gasteiger partial charge on any atom is 0.341 e. The van der Waals surface area contributed by atoms with Gasteiger partial charge in [-0.05, 0) is 5.56 Å². The molecule has 0 aliphatic carbocycles. The highest BCUT2D eigenvalue weighted by molar-refractivity contribution is 5.99. The van der Waals surface area contributed by atoms with Crippen molar-refractivity contribution in [2.24, 2.45) is 0 Å². The molecule has 2 amide bonds. The minimum Gasteiger partial charge on any atom is -0.477 e. The molecule has 2 aromatic carbocycles. The van der Waals surface area contributed by atoms with Crippen LogP contribution >= 0.6 is 0 Å². The number of carbonyl (C=O) groups is 2. The third kappa shape index (κ3) is 4.15. The molecule has 28 heavy (non-hydrogen) atoms. The number of rotatable bonds is 5. The van der Waals surface area contributed by atoms with E-state index >= 15 is 0 Å². The van der Waals surface area contributed by atoms with E-state index in [1.807, 2.05) is 60.7 Å². The quantitative estimate of drug-likeness (QED) is 0.736. The molecule has 3 aromatic rings. The first-order valence-electron chi connectivity index (χ1n) is 8.66. The molecule has 0 saturated heterocycles. The standard InChI is InChI=1S/C21H20N4O3/c1-24(14-15-9-5-3-6-10-15)21(28)25(2)19-17(20(26)27)13-22-18(23-19)16-11-7-4-8-12-16/h3-13H,14H2,1-2H3,(H,26,27). The fourth-order valence-electron chi connectivity index (χ4n) is 2.78. The molecule has 1 N–H and O–H groups in total. The van der Waals surface area contributed by atoms with Gasteiger partial charge >= 0.3 is 12.0 Å². The van der Waals surface area contributed by atoms with E-state index in [0.29, 0.717) is 12.4 Å². The first kappa shape index (κ1) is 19.0. The van der Waals surface area contributed by atoms with E-state index in [2.05, 4.69) is 9.97 Å². The van der Waals surface area contributed by atoms with Crippen molar-refractivity contribution in [3.63, 3.8) is 0 Å². The number of hydrogen-bond donors (Lipinski definition) is 1. The average molecular weight is 376 g/mol. The molecule has 0 atom stereocenters. The summed E-state index contributed by atoms with van der Waals surface area (Å²) in [5.74, 6) is -0.794. The van der Waals surface area contributed by atoms with Crippen LogP contribution in [0.3, 0.4) is 0 Å². The second-order valence-electron chi connectivity index (χ2n) is 6.29. The van der Waals surface area contributed by atoms with E-state index in [0.717, 1.165) is 11.1 Å². The number of aromatic carboxylic acids is 1. The smallest absolute Gasteiger partial charge is 0.341 e. The fourth-order valence-corrected chi connectivity index (χ4v) is 2.78. The van der Waals surface area contributed by atoms with E-state index in [1.54, 1.807) is 7.05 Å². The van der Waals surface area contributed by atoms with Crippen molar-refractivity contribution in [3.05, 3.63) is 78.0 Å². The van der Waals surface area contributed by atoms with Gasteiger partial charge in [0.2, 0.25) is 0 Å². The number of carboxylic acid groups (broad SMARTS) is 1. The maximum atomic E-state index is 12.9. The van der Waals surface area contributed by atoms with Crippen LogP contribution in [0.15, 0.2) is 66.9 Å². The van der Waals surface area contributed by atoms with Crippen molar-refractivity contribution < 1.29 is 14.7 Å². The summed E-state index contributed by atoms with van der Waals surface area (Å²) < 4.78 is 0. The monoisotopic (exact) mass is 376 g/mol. The van der Waals surface area contributed by atoms with Gasteiger partial charge in [-0.3, -0.25) is 4.90 Å². The van der Waals surface area contributed by atoms with E-state index in [4.69, 9.17) is 0 Å². The largest absolute Gasteiger partial charge is 0.477 e. The Bertz CT molecular complexity index is 977. The number of amides is 2. The van der Waals surface area contributed by atoms with Crippen LogP contribution < -0.4 is 4.90 Å². The third-order valence-corrected chi connectivity index (χ3v) is 4.22. The summed E-state index contributed by atoms with van der Waals surface area (Å²) in [4.78, 5) is 35.7. The number of carboxylic acids is 1. The molecular weight excluding hydrogens is 356 g/mol. The molecule has 1 heterocycles. The van der Waals surface area contributed by atoms with Gasteiger partial charge in [0, 0.05) is 32.4 Å². The first-order chi connectivity index (χ1) is 13.5.